The summed E-state index contributed by atoms with van der Waals surface area (Å²) in [7, 11) is 1.65. The van der Waals surface area contributed by atoms with Gasteiger partial charge < -0.3 is 14.8 Å². The molecule has 0 bridgehead atoms. The number of nitrogens with one attached hydrogen (secondary N) is 1. The van der Waals surface area contributed by atoms with E-state index in [9.17, 15) is 4.79 Å². The molecule has 35 heavy (non-hydrogen) atoms. The van der Waals surface area contributed by atoms with Crippen LogP contribution in [0.4, 0.5) is 11.4 Å². The predicted molar refractivity (Wildman–Crippen MR) is 139 cm³/mol. The maximum absolute atomic E-state index is 13.8. The van der Waals surface area contributed by atoms with E-state index in [1.165, 1.54) is 0 Å². The smallest absolute Gasteiger partial charge is 0.262 e. The van der Waals surface area contributed by atoms with Crippen LogP contribution >= 0.6 is 0 Å². The third-order valence-corrected chi connectivity index (χ3v) is 6.17. The number of hydrogen-bond donors (Lipinski definition) is 1. The molecule has 0 saturated heterocycles. The van der Waals surface area contributed by atoms with E-state index in [4.69, 9.17) is 9.47 Å². The molecule has 0 aliphatic carbocycles. The Balaban J connectivity index is 1.57. The van der Waals surface area contributed by atoms with Crippen LogP contribution in [-0.2, 0) is 6.61 Å². The van der Waals surface area contributed by atoms with Gasteiger partial charge in [-0.15, -0.1) is 0 Å². The summed E-state index contributed by atoms with van der Waals surface area (Å²) in [6.07, 6.45) is -0.389. The van der Waals surface area contributed by atoms with Gasteiger partial charge in [0.15, 0.2) is 0 Å². The van der Waals surface area contributed by atoms with Crippen molar-refractivity contribution < 1.29 is 14.3 Å². The van der Waals surface area contributed by atoms with Crippen molar-refractivity contribution in [1.29, 1.82) is 0 Å². The number of carbonyl (C=O) groups is 1. The summed E-state index contributed by atoms with van der Waals surface area (Å²) < 4.78 is 11.6. The second kappa shape index (κ2) is 9.55. The molecular formula is C30H28N2O3. The fourth-order valence-electron chi connectivity index (χ4n) is 4.60. The number of anilines is 2. The van der Waals surface area contributed by atoms with Crippen LogP contribution in [0.1, 0.15) is 38.8 Å². The van der Waals surface area contributed by atoms with Gasteiger partial charge in [0.2, 0.25) is 0 Å². The van der Waals surface area contributed by atoms with Crippen molar-refractivity contribution in [2.45, 2.75) is 26.6 Å². The van der Waals surface area contributed by atoms with Crippen LogP contribution in [0.2, 0.25) is 0 Å². The number of amides is 1. The topological polar surface area (TPSA) is 50.8 Å². The molecular weight excluding hydrogens is 436 g/mol. The van der Waals surface area contributed by atoms with E-state index < -0.39 is 0 Å². The highest BCUT2D eigenvalue weighted by molar-refractivity contribution is 6.12. The quantitative estimate of drug-likeness (QED) is 0.347. The molecule has 0 radical (unpaired) electrons. The van der Waals surface area contributed by atoms with Crippen LogP contribution in [0.25, 0.3) is 0 Å². The highest BCUT2D eigenvalue weighted by Gasteiger charge is 2.34. The molecule has 0 saturated carbocycles. The number of ether oxygens (including phenoxy) is 2. The molecule has 5 nitrogen and oxygen atoms in total. The van der Waals surface area contributed by atoms with E-state index in [0.29, 0.717) is 12.2 Å². The molecule has 0 spiro atoms. The molecule has 5 rings (SSSR count). The SMILES string of the molecule is COc1ccc(C2Nc3ccccc3C(=O)N2c2cc(C)cc(C)c2)cc1COc1ccccc1. The average Bonchev–Trinajstić information content (AvgIpc) is 2.87. The summed E-state index contributed by atoms with van der Waals surface area (Å²) in [5.74, 6) is 1.49. The summed E-state index contributed by atoms with van der Waals surface area (Å²) in [4.78, 5) is 15.6. The number of benzene rings is 4. The maximum Gasteiger partial charge on any atom is 0.262 e. The van der Waals surface area contributed by atoms with Gasteiger partial charge in [0.05, 0.1) is 12.7 Å². The summed E-state index contributed by atoms with van der Waals surface area (Å²) in [6, 6.07) is 29.5. The Labute approximate surface area is 205 Å². The summed E-state index contributed by atoms with van der Waals surface area (Å²) in [6.45, 7) is 4.45. The molecule has 1 N–H and O–H groups in total. The third kappa shape index (κ3) is 4.58. The van der Waals surface area contributed by atoms with Crippen LogP contribution in [0, 0.1) is 13.8 Å². The van der Waals surface area contributed by atoms with Crippen molar-refractivity contribution in [3.8, 4) is 11.5 Å². The number of rotatable bonds is 6. The Morgan fingerprint density at radius 3 is 2.31 bits per heavy atom. The maximum atomic E-state index is 13.8. The van der Waals surface area contributed by atoms with Crippen LogP contribution < -0.4 is 19.7 Å². The second-order valence-electron chi connectivity index (χ2n) is 8.79. The normalized spacial score (nSPS) is 14.8. The average molecular weight is 465 g/mol. The number of carbonyl (C=O) groups excluding carboxylic acids is 1. The number of nitrogens with zero attached hydrogens (tertiary/aromatic N) is 1. The van der Waals surface area contributed by atoms with Crippen LogP contribution in [0.5, 0.6) is 11.5 Å². The standard InChI is InChI=1S/C30H28N2O3/c1-20-15-21(2)17-24(16-20)32-29(31-27-12-8-7-11-26(27)30(32)33)22-13-14-28(34-3)23(18-22)19-35-25-9-5-4-6-10-25/h4-18,29,31H,19H2,1-3H3. The lowest BCUT2D eigenvalue weighted by Gasteiger charge is -2.38. The first kappa shape index (κ1) is 22.5. The number of aryl methyl sites for hydroxylation is 2. The zero-order valence-electron chi connectivity index (χ0n) is 20.1. The van der Waals surface area contributed by atoms with Crippen molar-refractivity contribution in [2.75, 3.05) is 17.3 Å². The number of fused-ring (bicyclic) bond motifs is 1. The highest BCUT2D eigenvalue weighted by atomic mass is 16.5. The van der Waals surface area contributed by atoms with Gasteiger partial charge >= 0.3 is 0 Å². The lowest BCUT2D eigenvalue weighted by Crippen LogP contribution is -2.43. The molecule has 0 aromatic heterocycles. The fourth-order valence-corrected chi connectivity index (χ4v) is 4.60. The molecule has 1 atom stereocenters. The number of para-hydroxylation sites is 2. The van der Waals surface area contributed by atoms with Gasteiger partial charge in [0.1, 0.15) is 24.3 Å². The second-order valence-corrected chi connectivity index (χ2v) is 8.79. The summed E-state index contributed by atoms with van der Waals surface area (Å²) >= 11 is 0. The van der Waals surface area contributed by atoms with Crippen LogP contribution in [-0.4, -0.2) is 13.0 Å². The van der Waals surface area contributed by atoms with Crippen LogP contribution in [0.15, 0.2) is 91.0 Å². The van der Waals surface area contributed by atoms with Gasteiger partial charge in [0, 0.05) is 16.9 Å². The Morgan fingerprint density at radius 2 is 1.57 bits per heavy atom. The molecule has 4 aromatic rings. The first-order chi connectivity index (χ1) is 17.0. The monoisotopic (exact) mass is 464 g/mol. The number of methoxy groups -OCH3 is 1. The van der Waals surface area contributed by atoms with Gasteiger partial charge in [-0.25, -0.2) is 0 Å². The fraction of sp³-hybridized carbons (Fsp3) is 0.167. The molecule has 1 heterocycles. The van der Waals surface area contributed by atoms with Gasteiger partial charge in [-0.05, 0) is 79.1 Å². The zero-order valence-corrected chi connectivity index (χ0v) is 20.1. The largest absolute Gasteiger partial charge is 0.496 e. The highest BCUT2D eigenvalue weighted by Crippen LogP contribution is 2.38. The van der Waals surface area contributed by atoms with Gasteiger partial charge in [0.25, 0.3) is 5.91 Å². The van der Waals surface area contributed by atoms with E-state index in [0.717, 1.165) is 45.1 Å². The van der Waals surface area contributed by atoms with E-state index in [2.05, 4.69) is 29.6 Å². The van der Waals surface area contributed by atoms with Crippen molar-refractivity contribution >= 4 is 17.3 Å². The van der Waals surface area contributed by atoms with E-state index in [1.54, 1.807) is 7.11 Å². The summed E-state index contributed by atoms with van der Waals surface area (Å²) in [5, 5.41) is 3.59. The lowest BCUT2D eigenvalue weighted by atomic mass is 10.00. The molecule has 176 valence electrons. The Kier molecular flexibility index (Phi) is 6.15. The zero-order chi connectivity index (χ0) is 24.4. The first-order valence-electron chi connectivity index (χ1n) is 11.7. The van der Waals surface area contributed by atoms with Crippen molar-refractivity contribution in [3.63, 3.8) is 0 Å². The first-order valence-corrected chi connectivity index (χ1v) is 11.7. The molecule has 1 amide bonds. The molecule has 4 aromatic carbocycles. The molecule has 0 fully saturated rings. The Bertz CT molecular complexity index is 1350. The Morgan fingerprint density at radius 1 is 0.857 bits per heavy atom. The van der Waals surface area contributed by atoms with Crippen molar-refractivity contribution in [2.24, 2.45) is 0 Å². The predicted octanol–water partition coefficient (Wildman–Crippen LogP) is 6.66. The van der Waals surface area contributed by atoms with Gasteiger partial charge in [-0.1, -0.05) is 42.5 Å². The summed E-state index contributed by atoms with van der Waals surface area (Å²) in [5.41, 5.74) is 6.40. The van der Waals surface area contributed by atoms with E-state index in [1.807, 2.05) is 85.5 Å². The lowest BCUT2D eigenvalue weighted by molar-refractivity contribution is 0.0975. The molecule has 1 aliphatic rings. The van der Waals surface area contributed by atoms with Crippen LogP contribution in [0.3, 0.4) is 0 Å². The van der Waals surface area contributed by atoms with Crippen molar-refractivity contribution in [3.05, 3.63) is 119 Å². The molecule has 1 unspecified atom stereocenters. The van der Waals surface area contributed by atoms with Gasteiger partial charge in [-0.3, -0.25) is 9.69 Å². The molecule has 1 aliphatic heterocycles. The molecule has 5 heteroatoms. The third-order valence-electron chi connectivity index (χ3n) is 6.17. The minimum Gasteiger partial charge on any atom is -0.496 e. The Hall–Kier alpha value is -4.25. The minimum absolute atomic E-state index is 0.0350. The van der Waals surface area contributed by atoms with Gasteiger partial charge in [-0.2, -0.15) is 0 Å². The van der Waals surface area contributed by atoms with E-state index in [-0.39, 0.29) is 12.1 Å². The van der Waals surface area contributed by atoms with Crippen molar-refractivity contribution in [1.82, 2.24) is 0 Å². The van der Waals surface area contributed by atoms with E-state index >= 15 is 0 Å². The number of hydrogen-bond acceptors (Lipinski definition) is 4. The minimum atomic E-state index is -0.389.